The summed E-state index contributed by atoms with van der Waals surface area (Å²) < 4.78 is 4.77. The summed E-state index contributed by atoms with van der Waals surface area (Å²) >= 11 is 0. The summed E-state index contributed by atoms with van der Waals surface area (Å²) in [5.74, 6) is -1.12. The molecular weight excluding hydrogens is 318 g/mol. The zero-order valence-electron chi connectivity index (χ0n) is 14.2. The maximum Gasteiger partial charge on any atom is 0.328 e. The molecule has 2 atom stereocenters. The molecule has 0 unspecified atom stereocenters. The molecule has 0 aliphatic carbocycles. The largest absolute Gasteiger partial charge is 0.467 e. The summed E-state index contributed by atoms with van der Waals surface area (Å²) in [6.07, 6.45) is 0.633. The van der Waals surface area contributed by atoms with Gasteiger partial charge in [0.05, 0.1) is 7.11 Å². The van der Waals surface area contributed by atoms with Gasteiger partial charge in [0, 0.05) is 0 Å². The predicted octanol–water partition coefficient (Wildman–Crippen LogP) is 2.40. The molecule has 132 valence electrons. The van der Waals surface area contributed by atoms with Gasteiger partial charge < -0.3 is 15.2 Å². The van der Waals surface area contributed by atoms with Crippen molar-refractivity contribution in [3.05, 3.63) is 71.8 Å². The van der Waals surface area contributed by atoms with Crippen molar-refractivity contribution in [1.29, 1.82) is 0 Å². The third kappa shape index (κ3) is 5.72. The van der Waals surface area contributed by atoms with Gasteiger partial charge in [-0.25, -0.2) is 4.79 Å². The molecule has 0 bridgehead atoms. The fourth-order valence-electron chi connectivity index (χ4n) is 2.58. The number of esters is 1. The Hall–Kier alpha value is -2.66. The molecule has 0 aliphatic rings. The van der Waals surface area contributed by atoms with Crippen molar-refractivity contribution in [2.75, 3.05) is 7.11 Å². The average Bonchev–Trinajstić information content (AvgIpc) is 2.67. The topological polar surface area (TPSA) is 75.6 Å². The number of amides is 1. The number of carbonyl (C=O) groups excluding carboxylic acids is 2. The molecule has 0 heterocycles. The third-order valence-electron chi connectivity index (χ3n) is 3.97. The first-order chi connectivity index (χ1) is 12.1. The lowest BCUT2D eigenvalue weighted by Gasteiger charge is -2.19. The fraction of sp³-hybridized carbons (Fsp3) is 0.300. The molecule has 0 saturated heterocycles. The zero-order chi connectivity index (χ0) is 18.1. The minimum absolute atomic E-state index is 0.439. The summed E-state index contributed by atoms with van der Waals surface area (Å²) in [7, 11) is 1.28. The Bertz CT molecular complexity index is 673. The Morgan fingerprint density at radius 2 is 1.64 bits per heavy atom. The van der Waals surface area contributed by atoms with E-state index in [9.17, 15) is 14.7 Å². The van der Waals surface area contributed by atoms with E-state index in [4.69, 9.17) is 4.74 Å². The van der Waals surface area contributed by atoms with Crippen molar-refractivity contribution in [2.45, 2.75) is 31.4 Å². The molecule has 2 rings (SSSR count). The molecule has 0 aromatic heterocycles. The first kappa shape index (κ1) is 18.7. The number of rotatable bonds is 8. The van der Waals surface area contributed by atoms with Crippen LogP contribution in [0.4, 0.5) is 0 Å². The summed E-state index contributed by atoms with van der Waals surface area (Å²) in [6, 6.07) is 17.7. The van der Waals surface area contributed by atoms with Crippen molar-refractivity contribution < 1.29 is 19.4 Å². The molecule has 2 aromatic rings. The van der Waals surface area contributed by atoms with Crippen molar-refractivity contribution in [3.8, 4) is 0 Å². The van der Waals surface area contributed by atoms with Crippen LogP contribution < -0.4 is 5.32 Å². The first-order valence-corrected chi connectivity index (χ1v) is 8.27. The lowest BCUT2D eigenvalue weighted by molar-refractivity contribution is -0.146. The van der Waals surface area contributed by atoms with Crippen molar-refractivity contribution in [1.82, 2.24) is 5.32 Å². The first-order valence-electron chi connectivity index (χ1n) is 8.27. The highest BCUT2D eigenvalue weighted by molar-refractivity contribution is 5.87. The lowest BCUT2D eigenvalue weighted by Crippen LogP contribution is -2.43. The Kier molecular flexibility index (Phi) is 7.16. The van der Waals surface area contributed by atoms with E-state index in [1.165, 1.54) is 12.7 Å². The molecule has 0 fully saturated rings. The van der Waals surface area contributed by atoms with E-state index in [1.54, 1.807) is 30.3 Å². The summed E-state index contributed by atoms with van der Waals surface area (Å²) in [6.45, 7) is 0. The summed E-state index contributed by atoms with van der Waals surface area (Å²) in [5, 5.41) is 12.7. The molecule has 2 aromatic carbocycles. The molecule has 25 heavy (non-hydrogen) atoms. The van der Waals surface area contributed by atoms with Gasteiger partial charge in [0.25, 0.3) is 5.91 Å². The van der Waals surface area contributed by atoms with Gasteiger partial charge in [-0.3, -0.25) is 4.79 Å². The number of hydrogen-bond donors (Lipinski definition) is 2. The molecule has 1 amide bonds. The third-order valence-corrected chi connectivity index (χ3v) is 3.97. The van der Waals surface area contributed by atoms with Crippen molar-refractivity contribution >= 4 is 11.9 Å². The molecule has 0 saturated carbocycles. The van der Waals surface area contributed by atoms with Gasteiger partial charge in [0.15, 0.2) is 6.10 Å². The van der Waals surface area contributed by atoms with Crippen LogP contribution in [0.15, 0.2) is 60.7 Å². The normalized spacial score (nSPS) is 12.9. The van der Waals surface area contributed by atoms with Gasteiger partial charge in [-0.05, 0) is 30.4 Å². The highest BCUT2D eigenvalue weighted by Gasteiger charge is 2.25. The van der Waals surface area contributed by atoms with Crippen molar-refractivity contribution in [2.24, 2.45) is 0 Å². The van der Waals surface area contributed by atoms with Crippen LogP contribution in [-0.2, 0) is 20.7 Å². The zero-order valence-corrected chi connectivity index (χ0v) is 14.2. The van der Waals surface area contributed by atoms with Crippen LogP contribution in [0.5, 0.6) is 0 Å². The average molecular weight is 341 g/mol. The van der Waals surface area contributed by atoms with E-state index >= 15 is 0 Å². The second-order valence-electron chi connectivity index (χ2n) is 5.78. The second kappa shape index (κ2) is 9.59. The monoisotopic (exact) mass is 341 g/mol. The number of aryl methyl sites for hydroxylation is 1. The molecule has 0 spiro atoms. The number of benzene rings is 2. The van der Waals surface area contributed by atoms with Gasteiger partial charge in [-0.1, -0.05) is 60.7 Å². The number of carbonyl (C=O) groups is 2. The van der Waals surface area contributed by atoms with Crippen molar-refractivity contribution in [3.63, 3.8) is 0 Å². The highest BCUT2D eigenvalue weighted by atomic mass is 16.5. The molecule has 5 nitrogen and oxygen atoms in total. The maximum absolute atomic E-state index is 12.2. The van der Waals surface area contributed by atoms with E-state index in [0.717, 1.165) is 6.42 Å². The van der Waals surface area contributed by atoms with E-state index in [0.29, 0.717) is 18.4 Å². The highest BCUT2D eigenvalue weighted by Crippen LogP contribution is 2.14. The van der Waals surface area contributed by atoms with E-state index < -0.39 is 24.0 Å². The number of nitrogens with one attached hydrogen (secondary N) is 1. The van der Waals surface area contributed by atoms with Crippen LogP contribution in [0.3, 0.4) is 0 Å². The van der Waals surface area contributed by atoms with Crippen LogP contribution in [0, 0.1) is 0 Å². The SMILES string of the molecule is COC(=O)[C@@H](CCCc1ccccc1)NC(=O)[C@@H](O)c1ccccc1. The summed E-state index contributed by atoms with van der Waals surface area (Å²) in [5.41, 5.74) is 1.65. The van der Waals surface area contributed by atoms with E-state index in [-0.39, 0.29) is 0 Å². The molecular formula is C20H23NO4. The summed E-state index contributed by atoms with van der Waals surface area (Å²) in [4.78, 5) is 24.2. The van der Waals surface area contributed by atoms with Crippen LogP contribution in [0.25, 0.3) is 0 Å². The predicted molar refractivity (Wildman–Crippen MR) is 94.7 cm³/mol. The molecule has 2 N–H and O–H groups in total. The van der Waals surface area contributed by atoms with Crippen LogP contribution in [0.2, 0.25) is 0 Å². The Balaban J connectivity index is 1.93. The minimum atomic E-state index is -1.32. The quantitative estimate of drug-likeness (QED) is 0.723. The minimum Gasteiger partial charge on any atom is -0.467 e. The van der Waals surface area contributed by atoms with Crippen LogP contribution in [-0.4, -0.2) is 30.1 Å². The number of methoxy groups -OCH3 is 1. The Labute approximate surface area is 147 Å². The lowest BCUT2D eigenvalue weighted by atomic mass is 10.0. The molecule has 0 radical (unpaired) electrons. The van der Waals surface area contributed by atoms with Gasteiger partial charge in [-0.15, -0.1) is 0 Å². The van der Waals surface area contributed by atoms with Gasteiger partial charge in [0.2, 0.25) is 0 Å². The Morgan fingerprint density at radius 1 is 1.04 bits per heavy atom. The molecule has 5 heteroatoms. The van der Waals surface area contributed by atoms with Gasteiger partial charge >= 0.3 is 5.97 Å². The van der Waals surface area contributed by atoms with Gasteiger partial charge in [0.1, 0.15) is 6.04 Å². The number of aliphatic hydroxyl groups excluding tert-OH is 1. The number of ether oxygens (including phenoxy) is 1. The second-order valence-corrected chi connectivity index (χ2v) is 5.78. The maximum atomic E-state index is 12.2. The fourth-order valence-corrected chi connectivity index (χ4v) is 2.58. The van der Waals surface area contributed by atoms with Crippen LogP contribution >= 0.6 is 0 Å². The van der Waals surface area contributed by atoms with E-state index in [2.05, 4.69) is 5.32 Å². The standard InChI is InChI=1S/C20H23NO4/c1-25-20(24)17(14-8-11-15-9-4-2-5-10-15)21-19(23)18(22)16-12-6-3-7-13-16/h2-7,9-10,12-13,17-18,22H,8,11,14H2,1H3,(H,21,23)/t17-,18+/m1/s1. The van der Waals surface area contributed by atoms with E-state index in [1.807, 2.05) is 30.3 Å². The van der Waals surface area contributed by atoms with Crippen LogP contribution in [0.1, 0.15) is 30.1 Å². The van der Waals surface area contributed by atoms with Gasteiger partial charge in [-0.2, -0.15) is 0 Å². The Morgan fingerprint density at radius 3 is 2.24 bits per heavy atom. The number of aliphatic hydroxyl groups is 1. The number of hydrogen-bond acceptors (Lipinski definition) is 4. The molecule has 0 aliphatic heterocycles. The smallest absolute Gasteiger partial charge is 0.328 e.